The summed E-state index contributed by atoms with van der Waals surface area (Å²) < 4.78 is 0. The maximum Gasteiger partial charge on any atom is 0.0333 e. The molecule has 1 rings (SSSR count). The number of hydrogen-bond donors (Lipinski definition) is 1. The molecular weight excluding hydrogens is 250 g/mol. The minimum Gasteiger partial charge on any atom is -0.310 e. The first-order valence-electron chi connectivity index (χ1n) is 7.62. The molecule has 0 spiro atoms. The Hall–Kier alpha value is -0.470. The van der Waals surface area contributed by atoms with Crippen molar-refractivity contribution in [2.24, 2.45) is 5.92 Å². The normalized spacial score (nSPS) is 12.9. The molecule has 108 valence electrons. The molecule has 0 heterocycles. The number of nitrogens with one attached hydrogen (secondary N) is 1. The van der Waals surface area contributed by atoms with Crippen molar-refractivity contribution >= 4 is 11.8 Å². The fourth-order valence-electron chi connectivity index (χ4n) is 2.55. The van der Waals surface area contributed by atoms with Crippen LogP contribution < -0.4 is 5.32 Å². The lowest BCUT2D eigenvalue weighted by Gasteiger charge is -2.25. The van der Waals surface area contributed by atoms with E-state index in [2.05, 4.69) is 56.6 Å². The predicted molar refractivity (Wildman–Crippen MR) is 87.9 cm³/mol. The SMILES string of the molecule is CCCNC(CC(CC)CC)c1ccccc1SC. The average molecular weight is 279 g/mol. The summed E-state index contributed by atoms with van der Waals surface area (Å²) in [5.74, 6) is 0.823. The van der Waals surface area contributed by atoms with Crippen molar-refractivity contribution < 1.29 is 0 Å². The number of rotatable bonds is 9. The van der Waals surface area contributed by atoms with E-state index in [-0.39, 0.29) is 0 Å². The van der Waals surface area contributed by atoms with Crippen LogP contribution in [0.5, 0.6) is 0 Å². The maximum atomic E-state index is 3.75. The Morgan fingerprint density at radius 3 is 2.37 bits per heavy atom. The van der Waals surface area contributed by atoms with Gasteiger partial charge in [0.1, 0.15) is 0 Å². The van der Waals surface area contributed by atoms with Gasteiger partial charge in [-0.1, -0.05) is 51.8 Å². The number of benzene rings is 1. The smallest absolute Gasteiger partial charge is 0.0333 e. The van der Waals surface area contributed by atoms with E-state index >= 15 is 0 Å². The third kappa shape index (κ3) is 5.19. The lowest BCUT2D eigenvalue weighted by molar-refractivity contribution is 0.368. The third-order valence-electron chi connectivity index (χ3n) is 3.88. The zero-order valence-electron chi connectivity index (χ0n) is 12.9. The minimum absolute atomic E-state index is 0.508. The zero-order chi connectivity index (χ0) is 14.1. The second-order valence-corrected chi connectivity index (χ2v) is 6.01. The van der Waals surface area contributed by atoms with Gasteiger partial charge in [0, 0.05) is 10.9 Å². The van der Waals surface area contributed by atoms with Crippen LogP contribution >= 0.6 is 11.8 Å². The molecule has 1 nitrogen and oxygen atoms in total. The van der Waals surface area contributed by atoms with Crippen LogP contribution in [0.2, 0.25) is 0 Å². The van der Waals surface area contributed by atoms with Crippen LogP contribution in [0, 0.1) is 5.92 Å². The summed E-state index contributed by atoms with van der Waals surface area (Å²) in [5, 5.41) is 3.75. The highest BCUT2D eigenvalue weighted by molar-refractivity contribution is 7.98. The molecule has 0 aliphatic rings. The van der Waals surface area contributed by atoms with Crippen LogP contribution in [-0.4, -0.2) is 12.8 Å². The van der Waals surface area contributed by atoms with Gasteiger partial charge in [-0.2, -0.15) is 0 Å². The Morgan fingerprint density at radius 1 is 1.11 bits per heavy atom. The molecule has 0 saturated heterocycles. The quantitative estimate of drug-likeness (QED) is 0.618. The summed E-state index contributed by atoms with van der Waals surface area (Å²) >= 11 is 1.86. The van der Waals surface area contributed by atoms with Gasteiger partial charge in [0.25, 0.3) is 0 Å². The first kappa shape index (κ1) is 16.6. The zero-order valence-corrected chi connectivity index (χ0v) is 13.7. The van der Waals surface area contributed by atoms with E-state index in [4.69, 9.17) is 0 Å². The summed E-state index contributed by atoms with van der Waals surface area (Å²) in [7, 11) is 0. The molecule has 0 aromatic heterocycles. The van der Waals surface area contributed by atoms with E-state index < -0.39 is 0 Å². The van der Waals surface area contributed by atoms with E-state index in [9.17, 15) is 0 Å². The van der Waals surface area contributed by atoms with Crippen molar-refractivity contribution in [3.63, 3.8) is 0 Å². The molecule has 0 amide bonds. The average Bonchev–Trinajstić information content (AvgIpc) is 2.47. The number of thioether (sulfide) groups is 1. The standard InChI is InChI=1S/C17H29NS/c1-5-12-18-16(13-14(6-2)7-3)15-10-8-9-11-17(15)19-4/h8-11,14,16,18H,5-7,12-13H2,1-4H3. The fourth-order valence-corrected chi connectivity index (χ4v) is 3.21. The van der Waals surface area contributed by atoms with Crippen molar-refractivity contribution in [3.05, 3.63) is 29.8 Å². The highest BCUT2D eigenvalue weighted by Crippen LogP contribution is 2.31. The molecule has 1 aromatic carbocycles. The topological polar surface area (TPSA) is 12.0 Å². The highest BCUT2D eigenvalue weighted by atomic mass is 32.2. The first-order valence-corrected chi connectivity index (χ1v) is 8.85. The second-order valence-electron chi connectivity index (χ2n) is 5.17. The van der Waals surface area contributed by atoms with Crippen molar-refractivity contribution in [2.75, 3.05) is 12.8 Å². The van der Waals surface area contributed by atoms with Crippen molar-refractivity contribution in [3.8, 4) is 0 Å². The molecule has 2 heteroatoms. The van der Waals surface area contributed by atoms with Crippen LogP contribution in [0.25, 0.3) is 0 Å². The van der Waals surface area contributed by atoms with Gasteiger partial charge in [-0.3, -0.25) is 0 Å². The summed E-state index contributed by atoms with van der Waals surface area (Å²) in [5.41, 5.74) is 1.48. The molecule has 1 N–H and O–H groups in total. The summed E-state index contributed by atoms with van der Waals surface area (Å²) in [6.07, 6.45) is 7.18. The molecule has 0 saturated carbocycles. The van der Waals surface area contributed by atoms with Crippen molar-refractivity contribution in [2.45, 2.75) is 57.4 Å². The van der Waals surface area contributed by atoms with Gasteiger partial charge in [-0.15, -0.1) is 11.8 Å². The monoisotopic (exact) mass is 279 g/mol. The highest BCUT2D eigenvalue weighted by Gasteiger charge is 2.17. The largest absolute Gasteiger partial charge is 0.310 e. The molecule has 0 aliphatic heterocycles. The van der Waals surface area contributed by atoms with Crippen LogP contribution in [-0.2, 0) is 0 Å². The lowest BCUT2D eigenvalue weighted by Crippen LogP contribution is -2.25. The Kier molecular flexibility index (Phi) is 8.24. The van der Waals surface area contributed by atoms with Crippen LogP contribution in [0.4, 0.5) is 0 Å². The van der Waals surface area contributed by atoms with Gasteiger partial charge in [0.2, 0.25) is 0 Å². The fraction of sp³-hybridized carbons (Fsp3) is 0.647. The van der Waals surface area contributed by atoms with Crippen LogP contribution in [0.1, 0.15) is 58.1 Å². The third-order valence-corrected chi connectivity index (χ3v) is 4.69. The lowest BCUT2D eigenvalue weighted by atomic mass is 9.91. The van der Waals surface area contributed by atoms with Gasteiger partial charge < -0.3 is 5.32 Å². The molecule has 1 atom stereocenters. The van der Waals surface area contributed by atoms with Gasteiger partial charge in [0.15, 0.2) is 0 Å². The molecule has 0 aliphatic carbocycles. The number of hydrogen-bond acceptors (Lipinski definition) is 2. The molecule has 0 radical (unpaired) electrons. The molecule has 1 aromatic rings. The predicted octanol–water partition coefficient (Wildman–Crippen LogP) is 5.28. The Bertz CT molecular complexity index is 347. The summed E-state index contributed by atoms with van der Waals surface area (Å²) in [4.78, 5) is 1.42. The summed E-state index contributed by atoms with van der Waals surface area (Å²) in [6, 6.07) is 9.36. The van der Waals surface area contributed by atoms with Gasteiger partial charge in [-0.25, -0.2) is 0 Å². The molecule has 19 heavy (non-hydrogen) atoms. The van der Waals surface area contributed by atoms with Gasteiger partial charge in [-0.05, 0) is 43.2 Å². The van der Waals surface area contributed by atoms with E-state index in [0.717, 1.165) is 12.5 Å². The van der Waals surface area contributed by atoms with E-state index in [1.165, 1.54) is 36.1 Å². The maximum absolute atomic E-state index is 3.75. The van der Waals surface area contributed by atoms with E-state index in [0.29, 0.717) is 6.04 Å². The Labute approximate surface area is 123 Å². The van der Waals surface area contributed by atoms with Crippen LogP contribution in [0.3, 0.4) is 0 Å². The van der Waals surface area contributed by atoms with E-state index in [1.807, 2.05) is 11.8 Å². The minimum atomic E-state index is 0.508. The molecular formula is C17H29NS. The van der Waals surface area contributed by atoms with Gasteiger partial charge >= 0.3 is 0 Å². The first-order chi connectivity index (χ1) is 9.26. The second kappa shape index (κ2) is 9.44. The van der Waals surface area contributed by atoms with Crippen molar-refractivity contribution in [1.29, 1.82) is 0 Å². The van der Waals surface area contributed by atoms with Crippen molar-refractivity contribution in [1.82, 2.24) is 5.32 Å². The Morgan fingerprint density at radius 2 is 1.79 bits per heavy atom. The molecule has 1 unspecified atom stereocenters. The molecule has 0 bridgehead atoms. The Balaban J connectivity index is 2.88. The van der Waals surface area contributed by atoms with Crippen LogP contribution in [0.15, 0.2) is 29.2 Å². The summed E-state index contributed by atoms with van der Waals surface area (Å²) in [6.45, 7) is 7.96. The molecule has 0 fully saturated rings. The van der Waals surface area contributed by atoms with E-state index in [1.54, 1.807) is 0 Å². The van der Waals surface area contributed by atoms with Gasteiger partial charge in [0.05, 0.1) is 0 Å².